The van der Waals surface area contributed by atoms with Crippen LogP contribution in [0.15, 0.2) is 17.1 Å². The van der Waals surface area contributed by atoms with Gasteiger partial charge in [0.15, 0.2) is 6.10 Å². The first-order chi connectivity index (χ1) is 9.66. The van der Waals surface area contributed by atoms with Crippen molar-refractivity contribution in [3.05, 3.63) is 22.7 Å². The lowest BCUT2D eigenvalue weighted by Crippen LogP contribution is -2.72. The zero-order chi connectivity index (χ0) is 16.0. The smallest absolute Gasteiger partial charge is 0.502 e. The van der Waals surface area contributed by atoms with Crippen LogP contribution in [0.2, 0.25) is 0 Å². The van der Waals surface area contributed by atoms with Gasteiger partial charge in [-0.2, -0.15) is 9.36 Å². The highest BCUT2D eigenvalue weighted by Crippen LogP contribution is 2.34. The first-order valence-corrected chi connectivity index (χ1v) is 6.72. The summed E-state index contributed by atoms with van der Waals surface area (Å²) in [5.41, 5.74) is -4.53. The Labute approximate surface area is 121 Å². The summed E-state index contributed by atoms with van der Waals surface area (Å²) >= 11 is 0. The summed E-state index contributed by atoms with van der Waals surface area (Å²) in [6.45, 7) is 4.74. The number of aliphatic carboxylic acids is 1. The largest absolute Gasteiger partial charge is 0.547 e. The molecule has 1 aliphatic heterocycles. The quantitative estimate of drug-likeness (QED) is 0.531. The maximum absolute atomic E-state index is 12.4. The van der Waals surface area contributed by atoms with Crippen LogP contribution in [0, 0.1) is 0 Å². The standard InChI is InChI=1S/C13H19N3O5/c1-4-6-15-7-5-8-14-12(2,10(18)19)9(17)13(3,21)16(8)11(15)20/h5,7,9,17,21H,4,6H2,1-3H3,(H,18,19)/t9-,12-,13+/m0/s1. The van der Waals surface area contributed by atoms with E-state index in [9.17, 15) is 24.9 Å². The fourth-order valence-corrected chi connectivity index (χ4v) is 2.64. The Bertz CT molecular complexity index is 639. The minimum atomic E-state index is -2.08. The molecule has 2 rings (SSSR count). The number of carboxylic acids is 1. The van der Waals surface area contributed by atoms with Gasteiger partial charge in [-0.15, -0.1) is 4.57 Å². The second kappa shape index (κ2) is 4.81. The molecular weight excluding hydrogens is 278 g/mol. The van der Waals surface area contributed by atoms with Gasteiger partial charge >= 0.3 is 5.69 Å². The number of rotatable bonds is 3. The highest BCUT2D eigenvalue weighted by molar-refractivity contribution is 5.82. The molecule has 0 saturated carbocycles. The average Bonchev–Trinajstić information content (AvgIpc) is 2.39. The van der Waals surface area contributed by atoms with Gasteiger partial charge in [-0.1, -0.05) is 6.92 Å². The Hall–Kier alpha value is -1.93. The van der Waals surface area contributed by atoms with Crippen molar-refractivity contribution in [1.29, 1.82) is 0 Å². The first kappa shape index (κ1) is 15.5. The van der Waals surface area contributed by atoms with Crippen LogP contribution in [0.5, 0.6) is 0 Å². The van der Waals surface area contributed by atoms with E-state index < -0.39 is 29.0 Å². The third-order valence-electron chi connectivity index (χ3n) is 3.88. The number of fused-ring (bicyclic) bond motifs is 1. The number of aromatic nitrogens is 2. The molecule has 0 radical (unpaired) electrons. The molecule has 0 aromatic carbocycles. The van der Waals surface area contributed by atoms with Gasteiger partial charge < -0.3 is 25.4 Å². The maximum Gasteiger partial charge on any atom is 0.502 e. The van der Waals surface area contributed by atoms with Crippen molar-refractivity contribution in [3.63, 3.8) is 0 Å². The molecule has 0 saturated heterocycles. The van der Waals surface area contributed by atoms with Crippen LogP contribution in [0.4, 0.5) is 5.82 Å². The van der Waals surface area contributed by atoms with Crippen LogP contribution in [0.1, 0.15) is 27.2 Å². The molecule has 116 valence electrons. The van der Waals surface area contributed by atoms with Crippen molar-refractivity contribution < 1.29 is 24.7 Å². The molecule has 0 bridgehead atoms. The van der Waals surface area contributed by atoms with E-state index in [1.807, 2.05) is 6.92 Å². The second-order valence-corrected chi connectivity index (χ2v) is 5.62. The second-order valence-electron chi connectivity index (χ2n) is 5.62. The number of nitrogens with one attached hydrogen (secondary N) is 1. The SMILES string of the molecule is CCC[n+]1ccc2n(c1=O)[C@](C)(O)[C@@H](O)[C@@](C)(C(=O)[O-])N2. The van der Waals surface area contributed by atoms with E-state index >= 15 is 0 Å². The van der Waals surface area contributed by atoms with Crippen molar-refractivity contribution in [1.82, 2.24) is 4.57 Å². The fraction of sp³-hybridized carbons (Fsp3) is 0.615. The number of carbonyl (C=O) groups is 1. The Morgan fingerprint density at radius 3 is 2.71 bits per heavy atom. The minimum Gasteiger partial charge on any atom is -0.547 e. The van der Waals surface area contributed by atoms with Gasteiger partial charge in [0.2, 0.25) is 11.5 Å². The van der Waals surface area contributed by atoms with E-state index in [-0.39, 0.29) is 5.82 Å². The number of carboxylic acid groups (broad SMARTS) is 1. The predicted octanol–water partition coefficient (Wildman–Crippen LogP) is -2.49. The number of carbonyl (C=O) groups excluding carboxylic acids is 1. The Morgan fingerprint density at radius 1 is 1.57 bits per heavy atom. The summed E-state index contributed by atoms with van der Waals surface area (Å²) < 4.78 is 2.34. The minimum absolute atomic E-state index is 0.106. The first-order valence-electron chi connectivity index (χ1n) is 6.72. The van der Waals surface area contributed by atoms with Gasteiger partial charge in [-0.3, -0.25) is 0 Å². The van der Waals surface area contributed by atoms with Crippen LogP contribution in [0.3, 0.4) is 0 Å². The summed E-state index contributed by atoms with van der Waals surface area (Å²) in [5.74, 6) is -1.46. The van der Waals surface area contributed by atoms with Crippen LogP contribution in [-0.2, 0) is 17.1 Å². The lowest BCUT2D eigenvalue weighted by atomic mass is 9.85. The Kier molecular flexibility index (Phi) is 3.54. The number of nitrogens with zero attached hydrogens (tertiary/aromatic N) is 2. The molecule has 8 heteroatoms. The molecule has 21 heavy (non-hydrogen) atoms. The van der Waals surface area contributed by atoms with Gasteiger partial charge in [0, 0.05) is 13.0 Å². The highest BCUT2D eigenvalue weighted by atomic mass is 16.4. The van der Waals surface area contributed by atoms with Crippen LogP contribution >= 0.6 is 0 Å². The number of anilines is 1. The summed E-state index contributed by atoms with van der Waals surface area (Å²) in [6.07, 6.45) is 0.458. The molecule has 1 aliphatic rings. The van der Waals surface area contributed by atoms with Crippen LogP contribution in [0.25, 0.3) is 0 Å². The normalized spacial score (nSPS) is 31.4. The Morgan fingerprint density at radius 2 is 2.19 bits per heavy atom. The summed E-state index contributed by atoms with van der Waals surface area (Å²) in [6, 6.07) is 1.48. The molecule has 0 amide bonds. The van der Waals surface area contributed by atoms with E-state index in [0.717, 1.165) is 4.57 Å². The Balaban J connectivity index is 2.69. The summed E-state index contributed by atoms with van der Waals surface area (Å²) in [5, 5.41) is 34.6. The molecule has 0 unspecified atom stereocenters. The average molecular weight is 297 g/mol. The molecular formula is C13H19N3O5. The zero-order valence-corrected chi connectivity index (χ0v) is 12.2. The van der Waals surface area contributed by atoms with E-state index in [1.54, 1.807) is 0 Å². The van der Waals surface area contributed by atoms with Gasteiger partial charge in [-0.05, 0) is 13.3 Å². The van der Waals surface area contributed by atoms with Crippen LogP contribution in [-0.4, -0.2) is 32.4 Å². The fourth-order valence-electron chi connectivity index (χ4n) is 2.64. The van der Waals surface area contributed by atoms with E-state index in [1.165, 1.54) is 30.7 Å². The molecule has 2 heterocycles. The monoisotopic (exact) mass is 297 g/mol. The molecule has 0 spiro atoms. The van der Waals surface area contributed by atoms with Crippen molar-refractivity contribution in [2.45, 2.75) is 51.1 Å². The molecule has 1 aromatic heterocycles. The summed E-state index contributed by atoms with van der Waals surface area (Å²) in [7, 11) is 0. The lowest BCUT2D eigenvalue weighted by Gasteiger charge is -2.45. The third kappa shape index (κ3) is 2.11. The number of hydrogen-bond donors (Lipinski definition) is 3. The molecule has 8 nitrogen and oxygen atoms in total. The number of hydrogen-bond acceptors (Lipinski definition) is 6. The van der Waals surface area contributed by atoms with Gasteiger partial charge in [0.05, 0.1) is 18.7 Å². The van der Waals surface area contributed by atoms with Crippen molar-refractivity contribution >= 4 is 11.8 Å². The zero-order valence-electron chi connectivity index (χ0n) is 12.2. The van der Waals surface area contributed by atoms with Crippen molar-refractivity contribution in [2.24, 2.45) is 0 Å². The summed E-state index contributed by atoms with van der Waals surface area (Å²) in [4.78, 5) is 23.7. The number of aryl methyl sites for hydroxylation is 1. The number of aliphatic hydroxyl groups is 2. The highest BCUT2D eigenvalue weighted by Gasteiger charge is 2.56. The topological polar surface area (TPSA) is 118 Å². The van der Waals surface area contributed by atoms with E-state index in [2.05, 4.69) is 5.32 Å². The van der Waals surface area contributed by atoms with Crippen molar-refractivity contribution in [2.75, 3.05) is 5.32 Å². The van der Waals surface area contributed by atoms with Crippen LogP contribution < -0.4 is 20.7 Å². The molecule has 0 aliphatic carbocycles. The number of aliphatic hydroxyl groups excluding tert-OH is 1. The lowest BCUT2D eigenvalue weighted by molar-refractivity contribution is -0.716. The molecule has 1 aromatic rings. The predicted molar refractivity (Wildman–Crippen MR) is 70.1 cm³/mol. The van der Waals surface area contributed by atoms with Gasteiger partial charge in [0.25, 0.3) is 0 Å². The third-order valence-corrected chi connectivity index (χ3v) is 3.88. The van der Waals surface area contributed by atoms with E-state index in [0.29, 0.717) is 13.0 Å². The molecule has 0 fully saturated rings. The molecule has 3 atom stereocenters. The van der Waals surface area contributed by atoms with E-state index in [4.69, 9.17) is 0 Å². The van der Waals surface area contributed by atoms with Gasteiger partial charge in [-0.25, -0.2) is 0 Å². The maximum atomic E-state index is 12.4. The molecule has 3 N–H and O–H groups in total. The van der Waals surface area contributed by atoms with Crippen molar-refractivity contribution in [3.8, 4) is 0 Å². The van der Waals surface area contributed by atoms with Gasteiger partial charge in [0.1, 0.15) is 5.54 Å².